The molecule has 0 aromatic carbocycles. The SMILES string of the molecule is Cc1nnc(NC(=O)CN2CCn3c(nnc3C(C)C)C2)s1. The Labute approximate surface area is 132 Å². The maximum absolute atomic E-state index is 12.1. The number of fused-ring (bicyclic) bond motifs is 1. The van der Waals surface area contributed by atoms with Crippen molar-refractivity contribution < 1.29 is 4.79 Å². The molecule has 1 N–H and O–H groups in total. The van der Waals surface area contributed by atoms with Gasteiger partial charge in [-0.05, 0) is 6.92 Å². The van der Waals surface area contributed by atoms with Crippen LogP contribution in [0.3, 0.4) is 0 Å². The van der Waals surface area contributed by atoms with Gasteiger partial charge in [0.15, 0.2) is 0 Å². The molecule has 3 rings (SSSR count). The van der Waals surface area contributed by atoms with Crippen molar-refractivity contribution in [1.29, 1.82) is 0 Å². The van der Waals surface area contributed by atoms with Crippen molar-refractivity contribution in [3.05, 3.63) is 16.7 Å². The second-order valence-electron chi connectivity index (χ2n) is 5.67. The molecular weight excluding hydrogens is 302 g/mol. The molecule has 0 saturated heterocycles. The molecule has 8 nitrogen and oxygen atoms in total. The van der Waals surface area contributed by atoms with Crippen LogP contribution in [-0.2, 0) is 17.9 Å². The number of hydrogen-bond donors (Lipinski definition) is 1. The first-order valence-electron chi connectivity index (χ1n) is 7.27. The maximum Gasteiger partial charge on any atom is 0.240 e. The Balaban J connectivity index is 1.59. The summed E-state index contributed by atoms with van der Waals surface area (Å²) in [7, 11) is 0. The van der Waals surface area contributed by atoms with Crippen LogP contribution in [0, 0.1) is 6.92 Å². The van der Waals surface area contributed by atoms with Crippen molar-refractivity contribution in [2.24, 2.45) is 0 Å². The third-order valence-electron chi connectivity index (χ3n) is 3.52. The normalized spacial score (nSPS) is 15.1. The van der Waals surface area contributed by atoms with Crippen LogP contribution >= 0.6 is 11.3 Å². The van der Waals surface area contributed by atoms with Crippen molar-refractivity contribution in [1.82, 2.24) is 29.9 Å². The number of anilines is 1. The largest absolute Gasteiger partial charge is 0.312 e. The number of carbonyl (C=O) groups excluding carboxylic acids is 1. The standard InChI is InChI=1S/C13H19N7OS/c1-8(2)12-17-16-10-6-19(4-5-20(10)12)7-11(21)14-13-18-15-9(3)22-13/h8H,4-7H2,1-3H3,(H,14,18,21). The van der Waals surface area contributed by atoms with E-state index in [4.69, 9.17) is 0 Å². The van der Waals surface area contributed by atoms with E-state index in [2.05, 4.69) is 49.0 Å². The molecule has 2 aromatic heterocycles. The molecule has 1 amide bonds. The fraction of sp³-hybridized carbons (Fsp3) is 0.615. The summed E-state index contributed by atoms with van der Waals surface area (Å²) in [4.78, 5) is 14.1. The van der Waals surface area contributed by atoms with Crippen molar-refractivity contribution >= 4 is 22.4 Å². The fourth-order valence-corrected chi connectivity index (χ4v) is 3.11. The second kappa shape index (κ2) is 6.09. The number of amides is 1. The summed E-state index contributed by atoms with van der Waals surface area (Å²) >= 11 is 1.37. The number of aromatic nitrogens is 5. The maximum atomic E-state index is 12.1. The molecule has 0 saturated carbocycles. The van der Waals surface area contributed by atoms with Crippen LogP contribution in [-0.4, -0.2) is 48.9 Å². The van der Waals surface area contributed by atoms with Crippen LogP contribution in [0.1, 0.15) is 36.4 Å². The quantitative estimate of drug-likeness (QED) is 0.904. The number of hydrogen-bond acceptors (Lipinski definition) is 7. The Kier molecular flexibility index (Phi) is 4.16. The van der Waals surface area contributed by atoms with Gasteiger partial charge in [0.05, 0.1) is 13.1 Å². The zero-order valence-electron chi connectivity index (χ0n) is 12.9. The second-order valence-corrected chi connectivity index (χ2v) is 6.85. The number of aryl methyl sites for hydroxylation is 1. The molecule has 9 heteroatoms. The van der Waals surface area contributed by atoms with Gasteiger partial charge in [-0.15, -0.1) is 20.4 Å². The lowest BCUT2D eigenvalue weighted by Crippen LogP contribution is -2.39. The molecule has 1 aliphatic heterocycles. The van der Waals surface area contributed by atoms with Crippen molar-refractivity contribution in [2.75, 3.05) is 18.4 Å². The molecule has 22 heavy (non-hydrogen) atoms. The van der Waals surface area contributed by atoms with Gasteiger partial charge < -0.3 is 4.57 Å². The third-order valence-corrected chi connectivity index (χ3v) is 4.27. The van der Waals surface area contributed by atoms with E-state index in [-0.39, 0.29) is 5.91 Å². The first kappa shape index (κ1) is 15.0. The van der Waals surface area contributed by atoms with Crippen molar-refractivity contribution in [3.8, 4) is 0 Å². The number of rotatable bonds is 4. The fourth-order valence-electron chi connectivity index (χ4n) is 2.50. The average molecular weight is 321 g/mol. The van der Waals surface area contributed by atoms with E-state index >= 15 is 0 Å². The van der Waals surface area contributed by atoms with Gasteiger partial charge in [-0.1, -0.05) is 25.2 Å². The Morgan fingerprint density at radius 2 is 2.09 bits per heavy atom. The number of nitrogens with one attached hydrogen (secondary N) is 1. The van der Waals surface area contributed by atoms with Crippen LogP contribution < -0.4 is 5.32 Å². The summed E-state index contributed by atoms with van der Waals surface area (Å²) in [6.45, 7) is 8.68. The lowest BCUT2D eigenvalue weighted by molar-refractivity contribution is -0.117. The minimum absolute atomic E-state index is 0.0757. The van der Waals surface area contributed by atoms with Crippen LogP contribution in [0.4, 0.5) is 5.13 Å². The van der Waals surface area contributed by atoms with Crippen molar-refractivity contribution in [2.45, 2.75) is 39.8 Å². The summed E-state index contributed by atoms with van der Waals surface area (Å²) in [5.74, 6) is 2.22. The molecule has 0 aliphatic carbocycles. The van der Waals surface area contributed by atoms with Gasteiger partial charge in [-0.25, -0.2) is 0 Å². The van der Waals surface area contributed by atoms with Crippen LogP contribution in [0.5, 0.6) is 0 Å². The number of carbonyl (C=O) groups is 1. The summed E-state index contributed by atoms with van der Waals surface area (Å²) in [5, 5.41) is 20.4. The molecule has 0 unspecified atom stereocenters. The van der Waals surface area contributed by atoms with E-state index in [1.165, 1.54) is 11.3 Å². The highest BCUT2D eigenvalue weighted by Crippen LogP contribution is 2.18. The minimum Gasteiger partial charge on any atom is -0.312 e. The molecule has 0 bridgehead atoms. The van der Waals surface area contributed by atoms with E-state index in [1.54, 1.807) is 0 Å². The molecule has 2 aromatic rings. The smallest absolute Gasteiger partial charge is 0.240 e. The molecule has 1 aliphatic rings. The van der Waals surface area contributed by atoms with E-state index < -0.39 is 0 Å². The molecule has 3 heterocycles. The Hall–Kier alpha value is -1.87. The summed E-state index contributed by atoms with van der Waals surface area (Å²) < 4.78 is 2.16. The van der Waals surface area contributed by atoms with E-state index in [9.17, 15) is 4.79 Å². The summed E-state index contributed by atoms with van der Waals surface area (Å²) in [6.07, 6.45) is 0. The Bertz CT molecular complexity index is 678. The monoisotopic (exact) mass is 321 g/mol. The third kappa shape index (κ3) is 3.14. The zero-order valence-corrected chi connectivity index (χ0v) is 13.7. The number of nitrogens with zero attached hydrogens (tertiary/aromatic N) is 6. The van der Waals surface area contributed by atoms with E-state index in [1.807, 2.05) is 6.92 Å². The summed E-state index contributed by atoms with van der Waals surface area (Å²) in [6, 6.07) is 0. The van der Waals surface area contributed by atoms with Crippen molar-refractivity contribution in [3.63, 3.8) is 0 Å². The summed E-state index contributed by atoms with van der Waals surface area (Å²) in [5.41, 5.74) is 0. The molecular formula is C13H19N7OS. The highest BCUT2D eigenvalue weighted by Gasteiger charge is 2.23. The molecule has 0 radical (unpaired) electrons. The zero-order chi connectivity index (χ0) is 15.7. The highest BCUT2D eigenvalue weighted by atomic mass is 32.1. The van der Waals surface area contributed by atoms with Crippen LogP contribution in [0.15, 0.2) is 0 Å². The van der Waals surface area contributed by atoms with Gasteiger partial charge in [0, 0.05) is 19.0 Å². The van der Waals surface area contributed by atoms with E-state index in [0.717, 1.165) is 29.7 Å². The van der Waals surface area contributed by atoms with Gasteiger partial charge in [-0.3, -0.25) is 15.0 Å². The average Bonchev–Trinajstić information content (AvgIpc) is 3.04. The Morgan fingerprint density at radius 1 is 1.27 bits per heavy atom. The molecule has 118 valence electrons. The predicted octanol–water partition coefficient (Wildman–Crippen LogP) is 1.02. The first-order chi connectivity index (χ1) is 10.5. The lowest BCUT2D eigenvalue weighted by Gasteiger charge is -2.27. The minimum atomic E-state index is -0.0757. The van der Waals surface area contributed by atoms with E-state index in [0.29, 0.717) is 24.1 Å². The molecule has 0 fully saturated rings. The lowest BCUT2D eigenvalue weighted by atomic mass is 10.2. The van der Waals surface area contributed by atoms with Gasteiger partial charge in [0.1, 0.15) is 16.7 Å². The molecule has 0 spiro atoms. The molecule has 0 atom stereocenters. The van der Waals surface area contributed by atoms with Gasteiger partial charge in [0.2, 0.25) is 11.0 Å². The topological polar surface area (TPSA) is 88.8 Å². The highest BCUT2D eigenvalue weighted by molar-refractivity contribution is 7.15. The predicted molar refractivity (Wildman–Crippen MR) is 82.7 cm³/mol. The van der Waals surface area contributed by atoms with Crippen LogP contribution in [0.25, 0.3) is 0 Å². The van der Waals surface area contributed by atoms with Gasteiger partial charge >= 0.3 is 0 Å². The Morgan fingerprint density at radius 3 is 2.77 bits per heavy atom. The van der Waals surface area contributed by atoms with Gasteiger partial charge in [-0.2, -0.15) is 0 Å². The van der Waals surface area contributed by atoms with Crippen LogP contribution in [0.2, 0.25) is 0 Å². The first-order valence-corrected chi connectivity index (χ1v) is 8.09. The van der Waals surface area contributed by atoms with Gasteiger partial charge in [0.25, 0.3) is 0 Å².